The van der Waals surface area contributed by atoms with Gasteiger partial charge in [0.2, 0.25) is 29.5 Å². The van der Waals surface area contributed by atoms with Gasteiger partial charge in [-0.05, 0) is 43.2 Å². The zero-order chi connectivity index (χ0) is 29.9. The molecular formula is C31H38BrN5O5. The number of fused-ring (bicyclic) bond motifs is 1. The molecule has 4 N–H and O–H groups in total. The van der Waals surface area contributed by atoms with Crippen LogP contribution in [0.4, 0.5) is 0 Å². The van der Waals surface area contributed by atoms with Gasteiger partial charge in [0, 0.05) is 25.9 Å². The molecule has 2 aliphatic heterocycles. The van der Waals surface area contributed by atoms with E-state index in [0.29, 0.717) is 45.2 Å². The van der Waals surface area contributed by atoms with Crippen LogP contribution in [0.25, 0.3) is 0 Å². The molecule has 2 saturated heterocycles. The van der Waals surface area contributed by atoms with Gasteiger partial charge in [-0.25, -0.2) is 0 Å². The molecule has 0 aromatic heterocycles. The monoisotopic (exact) mass is 639 g/mol. The summed E-state index contributed by atoms with van der Waals surface area (Å²) in [7, 11) is 0. The summed E-state index contributed by atoms with van der Waals surface area (Å²) in [6.07, 6.45) is 3.10. The molecule has 5 amide bonds. The van der Waals surface area contributed by atoms with E-state index in [2.05, 4.69) is 37.2 Å². The number of rotatable bonds is 10. The molecule has 0 bridgehead atoms. The summed E-state index contributed by atoms with van der Waals surface area (Å²) in [4.78, 5) is 67.8. The van der Waals surface area contributed by atoms with Gasteiger partial charge in [-0.1, -0.05) is 76.6 Å². The topological polar surface area (TPSA) is 137 Å². The van der Waals surface area contributed by atoms with Crippen molar-refractivity contribution in [2.24, 2.45) is 0 Å². The highest BCUT2D eigenvalue weighted by molar-refractivity contribution is 9.09. The number of hydrogen-bond donors (Lipinski definition) is 4. The van der Waals surface area contributed by atoms with E-state index in [4.69, 9.17) is 0 Å². The summed E-state index contributed by atoms with van der Waals surface area (Å²) >= 11 is 3.11. The van der Waals surface area contributed by atoms with Crippen LogP contribution in [0.1, 0.15) is 43.2 Å². The van der Waals surface area contributed by atoms with Crippen molar-refractivity contribution < 1.29 is 24.0 Å². The van der Waals surface area contributed by atoms with Crippen molar-refractivity contribution in [3.05, 3.63) is 71.8 Å². The summed E-state index contributed by atoms with van der Waals surface area (Å²) in [5.74, 6) is -1.73. The second-order valence-electron chi connectivity index (χ2n) is 10.7. The Morgan fingerprint density at radius 1 is 0.786 bits per heavy atom. The number of nitrogens with one attached hydrogen (secondary N) is 4. The van der Waals surface area contributed by atoms with E-state index in [9.17, 15) is 24.0 Å². The van der Waals surface area contributed by atoms with Crippen molar-refractivity contribution in [1.29, 1.82) is 0 Å². The van der Waals surface area contributed by atoms with Gasteiger partial charge in [-0.15, -0.1) is 0 Å². The Balaban J connectivity index is 1.59. The van der Waals surface area contributed by atoms with Crippen LogP contribution in [0, 0.1) is 0 Å². The van der Waals surface area contributed by atoms with Crippen LogP contribution in [0.15, 0.2) is 60.7 Å². The van der Waals surface area contributed by atoms with Crippen LogP contribution in [-0.4, -0.2) is 77.0 Å². The van der Waals surface area contributed by atoms with E-state index in [1.54, 1.807) is 4.90 Å². The summed E-state index contributed by atoms with van der Waals surface area (Å²) in [6.45, 7) is 0.842. The van der Waals surface area contributed by atoms with Gasteiger partial charge in [-0.2, -0.15) is 0 Å². The Hall–Kier alpha value is -3.73. The van der Waals surface area contributed by atoms with Gasteiger partial charge < -0.3 is 26.2 Å². The number of carbonyl (C=O) groups is 5. The van der Waals surface area contributed by atoms with E-state index < -0.39 is 36.0 Å². The van der Waals surface area contributed by atoms with Gasteiger partial charge in [0.05, 0.1) is 5.33 Å². The zero-order valence-corrected chi connectivity index (χ0v) is 25.1. The molecule has 4 atom stereocenters. The number of benzene rings is 2. The number of nitrogens with zero attached hydrogens (tertiary/aromatic N) is 1. The van der Waals surface area contributed by atoms with Gasteiger partial charge in [-0.3, -0.25) is 24.0 Å². The van der Waals surface area contributed by atoms with Gasteiger partial charge in [0.1, 0.15) is 24.2 Å². The fraction of sp³-hybridized carbons (Fsp3) is 0.452. The number of carbonyl (C=O) groups excluding carboxylic acids is 5. The quantitative estimate of drug-likeness (QED) is 0.231. The van der Waals surface area contributed by atoms with Crippen LogP contribution >= 0.6 is 15.9 Å². The minimum absolute atomic E-state index is 0.127. The first-order valence-corrected chi connectivity index (χ1v) is 15.6. The van der Waals surface area contributed by atoms with E-state index in [0.717, 1.165) is 11.1 Å². The molecule has 11 heteroatoms. The molecule has 42 heavy (non-hydrogen) atoms. The molecule has 2 aromatic rings. The maximum absolute atomic E-state index is 13.9. The summed E-state index contributed by atoms with van der Waals surface area (Å²) in [6, 6.07) is 15.3. The lowest BCUT2D eigenvalue weighted by atomic mass is 10.00. The molecule has 224 valence electrons. The second kappa shape index (κ2) is 15.5. The Kier molecular flexibility index (Phi) is 11.5. The molecule has 4 rings (SSSR count). The lowest BCUT2D eigenvalue weighted by Gasteiger charge is -2.32. The van der Waals surface area contributed by atoms with Gasteiger partial charge in [0.15, 0.2) is 0 Å². The van der Waals surface area contributed by atoms with E-state index in [1.165, 1.54) is 0 Å². The third-order valence-electron chi connectivity index (χ3n) is 7.65. The van der Waals surface area contributed by atoms with E-state index in [1.807, 2.05) is 60.7 Å². The molecule has 0 radical (unpaired) electrons. The van der Waals surface area contributed by atoms with Crippen molar-refractivity contribution in [3.63, 3.8) is 0 Å². The van der Waals surface area contributed by atoms with Crippen molar-refractivity contribution in [3.8, 4) is 0 Å². The standard InChI is InChI=1S/C31H38BrN5O5/c32-20-27(38)33-16-8-7-14-23-28(39)35-24(18-21-10-3-1-4-11-21)29(40)36-25(19-22-12-5-2-6-13-22)31(42)37-17-9-15-26(37)30(41)34-23/h1-6,10-13,23-26H,7-9,14-20H2,(H,33,38)(H,34,41)(H,35,39)(H,36,40)/t23-,24-,25-,26+/m0/s1. The average Bonchev–Trinajstić information content (AvgIpc) is 3.50. The van der Waals surface area contributed by atoms with Crippen molar-refractivity contribution in [1.82, 2.24) is 26.2 Å². The lowest BCUT2D eigenvalue weighted by molar-refractivity contribution is -0.143. The third kappa shape index (κ3) is 8.64. The first kappa shape index (κ1) is 31.2. The predicted octanol–water partition coefficient (Wildman–Crippen LogP) is 1.61. The molecule has 0 aliphatic carbocycles. The zero-order valence-electron chi connectivity index (χ0n) is 23.5. The predicted molar refractivity (Wildman–Crippen MR) is 161 cm³/mol. The van der Waals surface area contributed by atoms with Crippen LogP contribution in [0.5, 0.6) is 0 Å². The molecule has 0 spiro atoms. The van der Waals surface area contributed by atoms with E-state index >= 15 is 0 Å². The molecule has 2 fully saturated rings. The molecule has 0 unspecified atom stereocenters. The first-order chi connectivity index (χ1) is 20.4. The van der Waals surface area contributed by atoms with E-state index in [-0.39, 0.29) is 35.9 Å². The Labute approximate surface area is 254 Å². The third-order valence-corrected chi connectivity index (χ3v) is 8.16. The summed E-state index contributed by atoms with van der Waals surface area (Å²) < 4.78 is 0. The number of halogens is 1. The minimum Gasteiger partial charge on any atom is -0.355 e. The average molecular weight is 641 g/mol. The largest absolute Gasteiger partial charge is 0.355 e. The highest BCUT2D eigenvalue weighted by Gasteiger charge is 2.40. The smallest absolute Gasteiger partial charge is 0.246 e. The number of hydrogen-bond acceptors (Lipinski definition) is 5. The van der Waals surface area contributed by atoms with Crippen LogP contribution in [0.2, 0.25) is 0 Å². The maximum atomic E-state index is 13.9. The lowest BCUT2D eigenvalue weighted by Crippen LogP contribution is -2.62. The summed E-state index contributed by atoms with van der Waals surface area (Å²) in [5, 5.41) is 11.6. The number of amides is 5. The number of alkyl halides is 1. The van der Waals surface area contributed by atoms with Crippen molar-refractivity contribution >= 4 is 45.5 Å². The highest BCUT2D eigenvalue weighted by atomic mass is 79.9. The maximum Gasteiger partial charge on any atom is 0.246 e. The normalized spacial score (nSPS) is 23.1. The molecule has 10 nitrogen and oxygen atoms in total. The van der Waals surface area contributed by atoms with Crippen LogP contribution < -0.4 is 21.3 Å². The van der Waals surface area contributed by atoms with Gasteiger partial charge in [0.25, 0.3) is 0 Å². The van der Waals surface area contributed by atoms with Crippen LogP contribution in [-0.2, 0) is 36.8 Å². The SMILES string of the molecule is O=C(CBr)NCCCC[C@@H]1NC(=O)[C@H]2CCCN2C(=O)[C@H](Cc2ccccc2)NC(=O)[C@H](Cc2ccccc2)NC1=O. The highest BCUT2D eigenvalue weighted by Crippen LogP contribution is 2.21. The molecule has 0 saturated carbocycles. The fourth-order valence-electron chi connectivity index (χ4n) is 5.44. The number of unbranched alkanes of at least 4 members (excludes halogenated alkanes) is 1. The molecule has 2 aromatic carbocycles. The van der Waals surface area contributed by atoms with Crippen LogP contribution in [0.3, 0.4) is 0 Å². The van der Waals surface area contributed by atoms with Crippen molar-refractivity contribution in [2.45, 2.75) is 69.1 Å². The molecular weight excluding hydrogens is 602 g/mol. The fourth-order valence-corrected chi connectivity index (χ4v) is 5.64. The Bertz CT molecular complexity index is 1240. The van der Waals surface area contributed by atoms with Crippen molar-refractivity contribution in [2.75, 3.05) is 18.4 Å². The minimum atomic E-state index is -0.961. The Morgan fingerprint density at radius 2 is 1.36 bits per heavy atom. The first-order valence-electron chi connectivity index (χ1n) is 14.5. The molecule has 2 heterocycles. The summed E-state index contributed by atoms with van der Waals surface area (Å²) in [5.41, 5.74) is 1.72. The Morgan fingerprint density at radius 3 is 2.00 bits per heavy atom. The van der Waals surface area contributed by atoms with Gasteiger partial charge >= 0.3 is 0 Å². The molecule has 2 aliphatic rings. The second-order valence-corrected chi connectivity index (χ2v) is 11.3.